The summed E-state index contributed by atoms with van der Waals surface area (Å²) in [6, 6.07) is 10.3. The van der Waals surface area contributed by atoms with Gasteiger partial charge in [-0.3, -0.25) is 4.79 Å². The predicted octanol–water partition coefficient (Wildman–Crippen LogP) is 3.45. The summed E-state index contributed by atoms with van der Waals surface area (Å²) in [6.07, 6.45) is -0.0582. The van der Waals surface area contributed by atoms with Crippen molar-refractivity contribution in [3.63, 3.8) is 0 Å². The van der Waals surface area contributed by atoms with E-state index in [9.17, 15) is 9.90 Å². The second-order valence-corrected chi connectivity index (χ2v) is 12.5. The molecule has 2 aromatic rings. The number of benzene rings is 1. The highest BCUT2D eigenvalue weighted by Gasteiger charge is 2.44. The molecule has 0 amide bonds. The number of carbonyl (C=O) groups excluding carboxylic acids is 1. The van der Waals surface area contributed by atoms with Crippen LogP contribution in [-0.4, -0.2) is 23.5 Å². The number of allylic oxidation sites excluding steroid dienone is 1. The van der Waals surface area contributed by atoms with Crippen molar-refractivity contribution in [1.82, 2.24) is 4.57 Å². The molecule has 2 heterocycles. The molecule has 2 unspecified atom stereocenters. The van der Waals surface area contributed by atoms with Gasteiger partial charge in [-0.1, -0.05) is 37.8 Å². The summed E-state index contributed by atoms with van der Waals surface area (Å²) >= 11 is 0. The maximum absolute atomic E-state index is 12.5. The Morgan fingerprint density at radius 1 is 1.23 bits per heavy atom. The van der Waals surface area contributed by atoms with Gasteiger partial charge in [-0.15, -0.1) is 0 Å². The van der Waals surface area contributed by atoms with Crippen LogP contribution in [0.5, 0.6) is 0 Å². The van der Waals surface area contributed by atoms with Crippen LogP contribution in [-0.2, 0) is 11.3 Å². The van der Waals surface area contributed by atoms with Gasteiger partial charge in [-0.05, 0) is 28.3 Å². The van der Waals surface area contributed by atoms with Gasteiger partial charge >= 0.3 is 0 Å². The van der Waals surface area contributed by atoms with E-state index < -0.39 is 14.2 Å². The minimum absolute atomic E-state index is 0.174. The molecule has 0 saturated carbocycles. The Bertz CT molecular complexity index is 825. The Balaban J connectivity index is 1.95. The molecule has 0 bridgehead atoms. The van der Waals surface area contributed by atoms with Crippen LogP contribution in [0.25, 0.3) is 10.9 Å². The molecule has 1 aliphatic heterocycles. The lowest BCUT2D eigenvalue weighted by molar-refractivity contribution is -0.114. The number of aromatic nitrogens is 1. The fourth-order valence-electron chi connectivity index (χ4n) is 4.22. The summed E-state index contributed by atoms with van der Waals surface area (Å²) in [5, 5.41) is 13.1. The molecular formula is C18H21NO2Si. The molecule has 0 fully saturated rings. The van der Waals surface area contributed by atoms with Crippen LogP contribution in [0.1, 0.15) is 18.2 Å². The van der Waals surface area contributed by atoms with E-state index in [-0.39, 0.29) is 11.7 Å². The van der Waals surface area contributed by atoms with Crippen LogP contribution in [0.4, 0.5) is 0 Å². The molecular weight excluding hydrogens is 290 g/mol. The Kier molecular flexibility index (Phi) is 2.81. The standard InChI is InChI=1S/C18H21NO2Si/c1-22(2,3)18-15(20)9-12-10-19-13-7-5-4-6-11(13)8-14(19)17(21)16(12)18/h4-8,12,17,21H,9-10H2,1-3H3. The number of nitrogens with zero attached hydrogens (tertiary/aromatic N) is 1. The molecule has 4 rings (SSSR count). The summed E-state index contributed by atoms with van der Waals surface area (Å²) in [6.45, 7) is 7.42. The van der Waals surface area contributed by atoms with E-state index >= 15 is 0 Å². The van der Waals surface area contributed by atoms with E-state index in [4.69, 9.17) is 0 Å². The molecule has 114 valence electrons. The summed E-state index contributed by atoms with van der Waals surface area (Å²) in [5.41, 5.74) is 3.13. The van der Waals surface area contributed by atoms with Crippen LogP contribution >= 0.6 is 0 Å². The minimum atomic E-state index is -1.74. The smallest absolute Gasteiger partial charge is 0.155 e. The van der Waals surface area contributed by atoms with Crippen molar-refractivity contribution in [3.8, 4) is 0 Å². The first-order chi connectivity index (χ1) is 10.4. The van der Waals surface area contributed by atoms with Crippen LogP contribution in [0.2, 0.25) is 19.6 Å². The molecule has 22 heavy (non-hydrogen) atoms. The van der Waals surface area contributed by atoms with Crippen molar-refractivity contribution < 1.29 is 9.90 Å². The SMILES string of the molecule is C[Si](C)(C)C1=C2C(CC1=O)Cn1c(cc3ccccc31)C2O. The average Bonchev–Trinajstić information content (AvgIpc) is 2.97. The summed E-state index contributed by atoms with van der Waals surface area (Å²) in [5.74, 6) is 0.445. The van der Waals surface area contributed by atoms with Crippen molar-refractivity contribution in [1.29, 1.82) is 0 Å². The lowest BCUT2D eigenvalue weighted by Crippen LogP contribution is -2.31. The number of para-hydroxylation sites is 1. The predicted molar refractivity (Wildman–Crippen MR) is 90.4 cm³/mol. The van der Waals surface area contributed by atoms with Crippen molar-refractivity contribution in [2.45, 2.75) is 38.7 Å². The monoisotopic (exact) mass is 311 g/mol. The topological polar surface area (TPSA) is 42.2 Å². The highest BCUT2D eigenvalue weighted by molar-refractivity contribution is 6.87. The first kappa shape index (κ1) is 14.0. The molecule has 1 aromatic carbocycles. The number of rotatable bonds is 1. The van der Waals surface area contributed by atoms with Gasteiger partial charge in [0.05, 0.1) is 13.8 Å². The van der Waals surface area contributed by atoms with Gasteiger partial charge < -0.3 is 9.67 Å². The van der Waals surface area contributed by atoms with Crippen molar-refractivity contribution in [2.24, 2.45) is 5.92 Å². The molecule has 0 spiro atoms. The van der Waals surface area contributed by atoms with E-state index in [0.717, 1.165) is 33.9 Å². The maximum Gasteiger partial charge on any atom is 0.155 e. The van der Waals surface area contributed by atoms with Crippen LogP contribution in [0.3, 0.4) is 0 Å². The quantitative estimate of drug-likeness (QED) is 0.820. The van der Waals surface area contributed by atoms with Crippen molar-refractivity contribution >= 4 is 24.8 Å². The Morgan fingerprint density at radius 2 is 1.95 bits per heavy atom. The van der Waals surface area contributed by atoms with E-state index in [1.807, 2.05) is 12.1 Å². The highest BCUT2D eigenvalue weighted by Crippen LogP contribution is 2.46. The summed E-state index contributed by atoms with van der Waals surface area (Å²) < 4.78 is 2.20. The normalized spacial score (nSPS) is 24.8. The van der Waals surface area contributed by atoms with Gasteiger partial charge in [0.2, 0.25) is 0 Å². The van der Waals surface area contributed by atoms with Gasteiger partial charge in [-0.25, -0.2) is 0 Å². The molecule has 1 N–H and O–H groups in total. The third-order valence-corrected chi connectivity index (χ3v) is 7.08. The fraction of sp³-hybridized carbons (Fsp3) is 0.389. The Morgan fingerprint density at radius 3 is 2.68 bits per heavy atom. The van der Waals surface area contributed by atoms with Crippen LogP contribution in [0, 0.1) is 5.92 Å². The minimum Gasteiger partial charge on any atom is -0.382 e. The number of ketones is 1. The zero-order valence-corrected chi connectivity index (χ0v) is 14.3. The fourth-order valence-corrected chi connectivity index (χ4v) is 6.36. The van der Waals surface area contributed by atoms with Crippen molar-refractivity contribution in [3.05, 3.63) is 46.8 Å². The number of carbonyl (C=O) groups is 1. The molecule has 2 aliphatic rings. The number of hydrogen-bond donors (Lipinski definition) is 1. The Hall–Kier alpha value is -1.65. The van der Waals surface area contributed by atoms with Crippen LogP contribution < -0.4 is 0 Å². The van der Waals surface area contributed by atoms with E-state index in [2.05, 4.69) is 42.4 Å². The second kappa shape index (κ2) is 4.43. The van der Waals surface area contributed by atoms with E-state index in [1.165, 1.54) is 0 Å². The zero-order chi connectivity index (χ0) is 15.6. The third-order valence-electron chi connectivity index (χ3n) is 5.01. The van der Waals surface area contributed by atoms with E-state index in [0.29, 0.717) is 6.42 Å². The number of Topliss-reactive ketones (excluding diaryl/α,β-unsaturated/α-hetero) is 1. The van der Waals surface area contributed by atoms with Gasteiger partial charge in [-0.2, -0.15) is 0 Å². The first-order valence-electron chi connectivity index (χ1n) is 7.92. The molecule has 1 aliphatic carbocycles. The largest absolute Gasteiger partial charge is 0.382 e. The number of hydrogen-bond acceptors (Lipinski definition) is 2. The molecule has 4 heteroatoms. The van der Waals surface area contributed by atoms with Crippen molar-refractivity contribution in [2.75, 3.05) is 0 Å². The first-order valence-corrected chi connectivity index (χ1v) is 11.4. The average molecular weight is 311 g/mol. The molecule has 0 saturated heterocycles. The third kappa shape index (κ3) is 1.80. The lowest BCUT2D eigenvalue weighted by atomic mass is 9.91. The van der Waals surface area contributed by atoms with Gasteiger partial charge in [0.1, 0.15) is 6.10 Å². The maximum atomic E-state index is 12.5. The second-order valence-electron chi connectivity index (χ2n) is 7.55. The number of fused-ring (bicyclic) bond motifs is 4. The molecule has 2 atom stereocenters. The number of aliphatic hydroxyl groups excluding tert-OH is 1. The molecule has 3 nitrogen and oxygen atoms in total. The lowest BCUT2D eigenvalue weighted by Gasteiger charge is -2.31. The van der Waals surface area contributed by atoms with E-state index in [1.54, 1.807) is 0 Å². The Labute approximate surface area is 131 Å². The zero-order valence-electron chi connectivity index (χ0n) is 13.3. The van der Waals surface area contributed by atoms with Gasteiger partial charge in [0.25, 0.3) is 0 Å². The highest BCUT2D eigenvalue weighted by atomic mass is 28.3. The molecule has 0 radical (unpaired) electrons. The summed E-state index contributed by atoms with van der Waals surface area (Å²) in [7, 11) is -1.74. The molecule has 1 aromatic heterocycles. The number of aliphatic hydroxyl groups is 1. The van der Waals surface area contributed by atoms with Gasteiger partial charge in [0, 0.05) is 24.4 Å². The van der Waals surface area contributed by atoms with Gasteiger partial charge in [0.15, 0.2) is 5.78 Å². The van der Waals surface area contributed by atoms with Crippen LogP contribution in [0.15, 0.2) is 41.1 Å². The summed E-state index contributed by atoms with van der Waals surface area (Å²) in [4.78, 5) is 12.5.